The molecule has 1 aromatic carbocycles. The van der Waals surface area contributed by atoms with Crippen LogP contribution >= 0.6 is 22.9 Å². The maximum absolute atomic E-state index is 6.07. The molecular formula is C10H10ClN3S. The number of benzene rings is 1. The van der Waals surface area contributed by atoms with Gasteiger partial charge in [-0.05, 0) is 24.6 Å². The summed E-state index contributed by atoms with van der Waals surface area (Å²) in [5.41, 5.74) is 7.55. The largest absolute Gasteiger partial charge is 0.389 e. The van der Waals surface area contributed by atoms with Gasteiger partial charge in [0.15, 0.2) is 5.13 Å². The highest BCUT2D eigenvalue weighted by molar-refractivity contribution is 7.19. The van der Waals surface area contributed by atoms with Crippen LogP contribution in [0.3, 0.4) is 0 Å². The number of thiazole rings is 1. The predicted octanol–water partition coefficient (Wildman–Crippen LogP) is 3.43. The van der Waals surface area contributed by atoms with Gasteiger partial charge in [0.1, 0.15) is 5.00 Å². The van der Waals surface area contributed by atoms with Crippen molar-refractivity contribution in [2.45, 2.75) is 6.92 Å². The van der Waals surface area contributed by atoms with Crippen LogP contribution in [0.15, 0.2) is 24.4 Å². The van der Waals surface area contributed by atoms with Gasteiger partial charge in [-0.15, -0.1) is 0 Å². The molecule has 0 amide bonds. The number of nitrogens with two attached hydrogens (primary N) is 1. The van der Waals surface area contributed by atoms with Gasteiger partial charge in [-0.3, -0.25) is 0 Å². The second kappa shape index (κ2) is 4.08. The van der Waals surface area contributed by atoms with E-state index in [-0.39, 0.29) is 0 Å². The van der Waals surface area contributed by atoms with Crippen LogP contribution in [0.2, 0.25) is 5.02 Å². The lowest BCUT2D eigenvalue weighted by Gasteiger charge is -2.05. The number of halogens is 1. The number of aryl methyl sites for hydroxylation is 1. The fourth-order valence-electron chi connectivity index (χ4n) is 1.18. The molecule has 0 unspecified atom stereocenters. The first-order valence-corrected chi connectivity index (χ1v) is 5.59. The molecule has 1 aromatic heterocycles. The molecule has 0 aliphatic rings. The van der Waals surface area contributed by atoms with Crippen molar-refractivity contribution in [2.24, 2.45) is 0 Å². The van der Waals surface area contributed by atoms with E-state index in [2.05, 4.69) is 10.3 Å². The quantitative estimate of drug-likeness (QED) is 0.844. The average molecular weight is 240 g/mol. The zero-order valence-electron chi connectivity index (χ0n) is 8.12. The van der Waals surface area contributed by atoms with Crippen LogP contribution in [0.4, 0.5) is 15.8 Å². The first kappa shape index (κ1) is 10.3. The van der Waals surface area contributed by atoms with Crippen molar-refractivity contribution in [3.05, 3.63) is 35.0 Å². The normalized spacial score (nSPS) is 10.3. The third-order valence-electron chi connectivity index (χ3n) is 1.89. The molecule has 0 saturated carbocycles. The Balaban J connectivity index is 2.24. The molecule has 0 radical (unpaired) electrons. The van der Waals surface area contributed by atoms with E-state index in [1.165, 1.54) is 11.3 Å². The Hall–Kier alpha value is -1.26. The summed E-state index contributed by atoms with van der Waals surface area (Å²) in [4.78, 5) is 4.10. The van der Waals surface area contributed by atoms with Crippen LogP contribution in [0.5, 0.6) is 0 Å². The number of aromatic nitrogens is 1. The van der Waals surface area contributed by atoms with Crippen LogP contribution in [-0.4, -0.2) is 4.98 Å². The fourth-order valence-corrected chi connectivity index (χ4v) is 2.06. The van der Waals surface area contributed by atoms with Crippen LogP contribution in [0.1, 0.15) is 5.56 Å². The molecule has 0 spiro atoms. The molecule has 2 aromatic rings. The van der Waals surface area contributed by atoms with Crippen LogP contribution in [0, 0.1) is 6.92 Å². The number of nitrogen functional groups attached to an aromatic ring is 1. The zero-order chi connectivity index (χ0) is 10.8. The number of anilines is 3. The van der Waals surface area contributed by atoms with Crippen molar-refractivity contribution in [2.75, 3.05) is 11.1 Å². The van der Waals surface area contributed by atoms with Gasteiger partial charge in [0, 0.05) is 0 Å². The lowest BCUT2D eigenvalue weighted by atomic mass is 10.2. The van der Waals surface area contributed by atoms with E-state index in [4.69, 9.17) is 17.3 Å². The Morgan fingerprint density at radius 3 is 2.87 bits per heavy atom. The molecule has 0 bridgehead atoms. The van der Waals surface area contributed by atoms with Crippen LogP contribution < -0.4 is 11.1 Å². The first-order valence-electron chi connectivity index (χ1n) is 4.39. The molecule has 2 rings (SSSR count). The molecule has 0 aliphatic carbocycles. The van der Waals surface area contributed by atoms with Crippen molar-refractivity contribution in [3.8, 4) is 0 Å². The Labute approximate surface area is 96.9 Å². The summed E-state index contributed by atoms with van der Waals surface area (Å²) >= 11 is 7.46. The van der Waals surface area contributed by atoms with E-state index < -0.39 is 0 Å². The summed E-state index contributed by atoms with van der Waals surface area (Å²) in [7, 11) is 0. The molecule has 0 aliphatic heterocycles. The third-order valence-corrected chi connectivity index (χ3v) is 2.94. The number of rotatable bonds is 2. The second-order valence-electron chi connectivity index (χ2n) is 3.18. The Bertz CT molecular complexity index is 481. The minimum atomic E-state index is 0.681. The number of hydrogen-bond acceptors (Lipinski definition) is 4. The molecule has 0 saturated heterocycles. The van der Waals surface area contributed by atoms with Gasteiger partial charge in [-0.25, -0.2) is 4.98 Å². The summed E-state index contributed by atoms with van der Waals surface area (Å²) < 4.78 is 0. The summed E-state index contributed by atoms with van der Waals surface area (Å²) in [6.45, 7) is 2.00. The van der Waals surface area contributed by atoms with E-state index in [1.54, 1.807) is 6.20 Å². The Kier molecular flexibility index (Phi) is 2.79. The van der Waals surface area contributed by atoms with Crippen molar-refractivity contribution >= 4 is 38.8 Å². The van der Waals surface area contributed by atoms with Gasteiger partial charge in [-0.2, -0.15) is 0 Å². The molecular weight excluding hydrogens is 230 g/mol. The van der Waals surface area contributed by atoms with E-state index in [0.717, 1.165) is 16.4 Å². The standard InChI is InChI=1S/C10H10ClN3S/c1-6-2-3-8(7(11)4-6)14-10-13-5-9(12)15-10/h2-5H,12H2,1H3,(H,13,14). The highest BCUT2D eigenvalue weighted by Crippen LogP contribution is 2.29. The van der Waals surface area contributed by atoms with Gasteiger partial charge in [0.25, 0.3) is 0 Å². The second-order valence-corrected chi connectivity index (χ2v) is 4.65. The van der Waals surface area contributed by atoms with Crippen molar-refractivity contribution in [1.29, 1.82) is 0 Å². The van der Waals surface area contributed by atoms with Crippen molar-refractivity contribution in [1.82, 2.24) is 4.98 Å². The minimum Gasteiger partial charge on any atom is -0.389 e. The first-order chi connectivity index (χ1) is 7.15. The molecule has 1 heterocycles. The number of nitrogens with one attached hydrogen (secondary N) is 1. The molecule has 78 valence electrons. The SMILES string of the molecule is Cc1ccc(Nc2ncc(N)s2)c(Cl)c1. The maximum Gasteiger partial charge on any atom is 0.189 e. The Morgan fingerprint density at radius 1 is 1.47 bits per heavy atom. The molecule has 0 fully saturated rings. The van der Waals surface area contributed by atoms with Gasteiger partial charge < -0.3 is 11.1 Å². The van der Waals surface area contributed by atoms with Crippen molar-refractivity contribution < 1.29 is 0 Å². The van der Waals surface area contributed by atoms with Gasteiger partial charge in [0.2, 0.25) is 0 Å². The Morgan fingerprint density at radius 2 is 2.27 bits per heavy atom. The molecule has 3 nitrogen and oxygen atoms in total. The summed E-state index contributed by atoms with van der Waals surface area (Å²) in [5.74, 6) is 0. The lowest BCUT2D eigenvalue weighted by Crippen LogP contribution is -1.90. The number of nitrogens with zero attached hydrogens (tertiary/aromatic N) is 1. The topological polar surface area (TPSA) is 50.9 Å². The highest BCUT2D eigenvalue weighted by Gasteiger charge is 2.03. The fraction of sp³-hybridized carbons (Fsp3) is 0.100. The predicted molar refractivity (Wildman–Crippen MR) is 66.0 cm³/mol. The van der Waals surface area contributed by atoms with E-state index in [9.17, 15) is 0 Å². The van der Waals surface area contributed by atoms with E-state index in [1.807, 2.05) is 25.1 Å². The van der Waals surface area contributed by atoms with Crippen LogP contribution in [0.25, 0.3) is 0 Å². The average Bonchev–Trinajstić information content (AvgIpc) is 2.56. The third kappa shape index (κ3) is 2.40. The zero-order valence-corrected chi connectivity index (χ0v) is 9.69. The minimum absolute atomic E-state index is 0.681. The summed E-state index contributed by atoms with van der Waals surface area (Å²) in [6.07, 6.45) is 1.62. The molecule has 15 heavy (non-hydrogen) atoms. The van der Waals surface area contributed by atoms with Gasteiger partial charge in [-0.1, -0.05) is 29.0 Å². The van der Waals surface area contributed by atoms with Crippen LogP contribution in [-0.2, 0) is 0 Å². The summed E-state index contributed by atoms with van der Waals surface area (Å²) in [5, 5.41) is 5.23. The monoisotopic (exact) mass is 239 g/mol. The number of hydrogen-bond donors (Lipinski definition) is 2. The van der Waals surface area contributed by atoms with Gasteiger partial charge >= 0.3 is 0 Å². The molecule has 5 heteroatoms. The highest BCUT2D eigenvalue weighted by atomic mass is 35.5. The van der Waals surface area contributed by atoms with Crippen molar-refractivity contribution in [3.63, 3.8) is 0 Å². The lowest BCUT2D eigenvalue weighted by molar-refractivity contribution is 1.38. The smallest absolute Gasteiger partial charge is 0.189 e. The van der Waals surface area contributed by atoms with E-state index in [0.29, 0.717) is 10.0 Å². The maximum atomic E-state index is 6.07. The molecule has 0 atom stereocenters. The van der Waals surface area contributed by atoms with Gasteiger partial charge in [0.05, 0.1) is 16.9 Å². The molecule has 3 N–H and O–H groups in total. The summed E-state index contributed by atoms with van der Waals surface area (Å²) in [6, 6.07) is 5.82. The van der Waals surface area contributed by atoms with E-state index >= 15 is 0 Å².